The Balaban J connectivity index is 0.00000225. The highest BCUT2D eigenvalue weighted by molar-refractivity contribution is 6.33. The number of carboxylic acids is 1. The minimum Gasteiger partial charge on any atom is -0.494 e. The van der Waals surface area contributed by atoms with Gasteiger partial charge in [-0.05, 0) is 24.6 Å². The fraction of sp³-hybridized carbons (Fsp3) is 0.364. The van der Waals surface area contributed by atoms with Crippen molar-refractivity contribution in [3.8, 4) is 5.75 Å². The summed E-state index contributed by atoms with van der Waals surface area (Å²) in [6.45, 7) is 2.66. The van der Waals surface area contributed by atoms with Crippen LogP contribution in [0.25, 0.3) is 0 Å². The van der Waals surface area contributed by atoms with Crippen LogP contribution in [0.2, 0.25) is 5.02 Å². The molecule has 0 saturated carbocycles. The van der Waals surface area contributed by atoms with Gasteiger partial charge in [-0.25, -0.2) is 4.79 Å². The first kappa shape index (κ1) is 15.1. The summed E-state index contributed by atoms with van der Waals surface area (Å²) < 4.78 is 5.37. The van der Waals surface area contributed by atoms with Crippen LogP contribution in [0.15, 0.2) is 18.2 Å². The van der Waals surface area contributed by atoms with E-state index in [1.165, 1.54) is 12.1 Å². The van der Waals surface area contributed by atoms with Gasteiger partial charge >= 0.3 is 5.97 Å². The second-order valence-corrected chi connectivity index (χ2v) is 3.56. The summed E-state index contributed by atoms with van der Waals surface area (Å²) in [6, 6.07) is 4.65. The number of hydrogen-bond donors (Lipinski definition) is 1. The summed E-state index contributed by atoms with van der Waals surface area (Å²) in [6.07, 6.45) is 1.99. The highest BCUT2D eigenvalue weighted by Crippen LogP contribution is 2.22. The average Bonchev–Trinajstić information content (AvgIpc) is 2.20. The molecule has 0 aliphatic carbocycles. The third kappa shape index (κ3) is 4.29. The molecule has 1 N–H and O–H groups in total. The van der Waals surface area contributed by atoms with Crippen LogP contribution in [-0.4, -0.2) is 17.7 Å². The zero-order valence-electron chi connectivity index (χ0n) is 8.90. The fourth-order valence-electron chi connectivity index (χ4n) is 1.09. The van der Waals surface area contributed by atoms with Gasteiger partial charge in [0.1, 0.15) is 5.75 Å². The highest BCUT2D eigenvalue weighted by Gasteiger charge is 2.09. The van der Waals surface area contributed by atoms with E-state index < -0.39 is 5.97 Å². The summed E-state index contributed by atoms with van der Waals surface area (Å²) in [7, 11) is 0. The molecule has 0 aliphatic rings. The molecule has 0 aliphatic heterocycles. The molecule has 0 aromatic heterocycles. The van der Waals surface area contributed by atoms with E-state index in [0.29, 0.717) is 12.4 Å². The SMILES string of the molecule is CCCCOc1ccc(Cl)c(C(=O)O)c1.Cl. The van der Waals surface area contributed by atoms with Crippen molar-refractivity contribution < 1.29 is 14.6 Å². The quantitative estimate of drug-likeness (QED) is 0.827. The minimum atomic E-state index is -1.04. The van der Waals surface area contributed by atoms with E-state index in [1.54, 1.807) is 6.07 Å². The van der Waals surface area contributed by atoms with Crippen LogP contribution < -0.4 is 4.74 Å². The van der Waals surface area contributed by atoms with Gasteiger partial charge in [-0.1, -0.05) is 24.9 Å². The molecule has 1 aromatic carbocycles. The van der Waals surface area contributed by atoms with E-state index in [9.17, 15) is 4.79 Å². The number of ether oxygens (including phenoxy) is 1. The molecule has 0 bridgehead atoms. The number of carboxylic acid groups (broad SMARTS) is 1. The van der Waals surface area contributed by atoms with Gasteiger partial charge in [-0.15, -0.1) is 12.4 Å². The Kier molecular flexibility index (Phi) is 6.93. The molecule has 90 valence electrons. The van der Waals surface area contributed by atoms with Crippen molar-refractivity contribution in [2.75, 3.05) is 6.61 Å². The predicted molar refractivity (Wildman–Crippen MR) is 66.1 cm³/mol. The maximum absolute atomic E-state index is 10.8. The largest absolute Gasteiger partial charge is 0.494 e. The van der Waals surface area contributed by atoms with Gasteiger partial charge in [0.15, 0.2) is 0 Å². The molecule has 0 heterocycles. The number of rotatable bonds is 5. The summed E-state index contributed by atoms with van der Waals surface area (Å²) in [4.78, 5) is 10.8. The molecule has 3 nitrogen and oxygen atoms in total. The van der Waals surface area contributed by atoms with E-state index >= 15 is 0 Å². The second-order valence-electron chi connectivity index (χ2n) is 3.15. The molecule has 0 saturated heterocycles. The van der Waals surface area contributed by atoms with Crippen LogP contribution >= 0.6 is 24.0 Å². The van der Waals surface area contributed by atoms with Crippen molar-refractivity contribution >= 4 is 30.0 Å². The first-order valence-electron chi connectivity index (χ1n) is 4.80. The maximum atomic E-state index is 10.8. The topological polar surface area (TPSA) is 46.5 Å². The van der Waals surface area contributed by atoms with Crippen LogP contribution in [0.1, 0.15) is 30.1 Å². The van der Waals surface area contributed by atoms with Crippen LogP contribution in [0.3, 0.4) is 0 Å². The van der Waals surface area contributed by atoms with E-state index in [0.717, 1.165) is 12.8 Å². The van der Waals surface area contributed by atoms with E-state index in [4.69, 9.17) is 21.4 Å². The number of benzene rings is 1. The monoisotopic (exact) mass is 264 g/mol. The molecule has 0 unspecified atom stereocenters. The van der Waals surface area contributed by atoms with Crippen molar-refractivity contribution in [2.24, 2.45) is 0 Å². The molecular formula is C11H14Cl2O3. The lowest BCUT2D eigenvalue weighted by Crippen LogP contribution is -2.00. The first-order chi connectivity index (χ1) is 7.15. The van der Waals surface area contributed by atoms with Gasteiger partial charge in [0, 0.05) is 0 Å². The minimum absolute atomic E-state index is 0. The van der Waals surface area contributed by atoms with Gasteiger partial charge < -0.3 is 9.84 Å². The molecule has 0 atom stereocenters. The first-order valence-corrected chi connectivity index (χ1v) is 5.18. The smallest absolute Gasteiger partial charge is 0.337 e. The van der Waals surface area contributed by atoms with Gasteiger partial charge in [-0.2, -0.15) is 0 Å². The van der Waals surface area contributed by atoms with Crippen LogP contribution in [0, 0.1) is 0 Å². The second kappa shape index (κ2) is 7.36. The van der Waals surface area contributed by atoms with Gasteiger partial charge in [0.05, 0.1) is 17.2 Å². The molecule has 1 rings (SSSR count). The molecule has 0 fully saturated rings. The lowest BCUT2D eigenvalue weighted by atomic mass is 10.2. The molecule has 0 spiro atoms. The molecule has 1 aromatic rings. The Bertz CT molecular complexity index is 353. The third-order valence-corrected chi connectivity index (χ3v) is 2.26. The van der Waals surface area contributed by atoms with Crippen molar-refractivity contribution in [2.45, 2.75) is 19.8 Å². The van der Waals surface area contributed by atoms with Crippen molar-refractivity contribution in [1.82, 2.24) is 0 Å². The van der Waals surface area contributed by atoms with Crippen LogP contribution in [0.5, 0.6) is 5.75 Å². The highest BCUT2D eigenvalue weighted by atomic mass is 35.5. The van der Waals surface area contributed by atoms with Crippen molar-refractivity contribution in [3.05, 3.63) is 28.8 Å². The van der Waals surface area contributed by atoms with E-state index in [2.05, 4.69) is 6.92 Å². The molecule has 0 radical (unpaired) electrons. The number of aromatic carboxylic acids is 1. The van der Waals surface area contributed by atoms with Crippen molar-refractivity contribution in [1.29, 1.82) is 0 Å². The average molecular weight is 265 g/mol. The Labute approximate surface area is 106 Å². The lowest BCUT2D eigenvalue weighted by molar-refractivity contribution is 0.0696. The number of unbranched alkanes of at least 4 members (excludes halogenated alkanes) is 1. The lowest BCUT2D eigenvalue weighted by Gasteiger charge is -2.06. The third-order valence-electron chi connectivity index (χ3n) is 1.93. The Morgan fingerprint density at radius 1 is 1.50 bits per heavy atom. The summed E-state index contributed by atoms with van der Waals surface area (Å²) >= 11 is 5.72. The van der Waals surface area contributed by atoms with E-state index in [1.807, 2.05) is 0 Å². The van der Waals surface area contributed by atoms with Gasteiger partial charge in [0.2, 0.25) is 0 Å². The molecular weight excluding hydrogens is 251 g/mol. The summed E-state index contributed by atoms with van der Waals surface area (Å²) in [5.41, 5.74) is 0.0747. The summed E-state index contributed by atoms with van der Waals surface area (Å²) in [5.74, 6) is -0.494. The summed E-state index contributed by atoms with van der Waals surface area (Å²) in [5, 5.41) is 9.05. The number of hydrogen-bond acceptors (Lipinski definition) is 2. The zero-order valence-corrected chi connectivity index (χ0v) is 10.5. The Morgan fingerprint density at radius 2 is 2.19 bits per heavy atom. The van der Waals surface area contributed by atoms with Crippen LogP contribution in [-0.2, 0) is 0 Å². The molecule has 0 amide bonds. The number of halogens is 2. The standard InChI is InChI=1S/C11H13ClO3.ClH/c1-2-3-6-15-8-4-5-10(12)9(7-8)11(13)14;/h4-5,7H,2-3,6H2,1H3,(H,13,14);1H. The van der Waals surface area contributed by atoms with Crippen molar-refractivity contribution in [3.63, 3.8) is 0 Å². The zero-order chi connectivity index (χ0) is 11.3. The Hall–Kier alpha value is -0.930. The van der Waals surface area contributed by atoms with Gasteiger partial charge in [-0.3, -0.25) is 0 Å². The Morgan fingerprint density at radius 3 is 2.75 bits per heavy atom. The molecule has 5 heteroatoms. The normalized spacial score (nSPS) is 9.38. The maximum Gasteiger partial charge on any atom is 0.337 e. The van der Waals surface area contributed by atoms with Gasteiger partial charge in [0.25, 0.3) is 0 Å². The predicted octanol–water partition coefficient (Wildman–Crippen LogP) is 3.64. The molecule has 16 heavy (non-hydrogen) atoms. The number of carbonyl (C=O) groups is 1. The van der Waals surface area contributed by atoms with E-state index in [-0.39, 0.29) is 23.0 Å². The fourth-order valence-corrected chi connectivity index (χ4v) is 1.29. The van der Waals surface area contributed by atoms with Crippen LogP contribution in [0.4, 0.5) is 0 Å².